The number of hydrogen-bond donors (Lipinski definition) is 1. The van der Waals surface area contributed by atoms with Gasteiger partial charge in [-0.2, -0.15) is 5.10 Å². The largest absolute Gasteiger partial charge is 0.355 e. The molecule has 0 atom stereocenters. The Hall–Kier alpha value is -2.53. The summed E-state index contributed by atoms with van der Waals surface area (Å²) in [7, 11) is 0. The van der Waals surface area contributed by atoms with E-state index in [1.54, 1.807) is 11.8 Å². The van der Waals surface area contributed by atoms with Crippen molar-refractivity contribution >= 4 is 17.7 Å². The first-order chi connectivity index (χ1) is 12.6. The Morgan fingerprint density at radius 1 is 1.04 bits per heavy atom. The molecule has 3 aromatic rings. The van der Waals surface area contributed by atoms with Gasteiger partial charge in [0.1, 0.15) is 0 Å². The molecule has 134 valence electrons. The normalized spacial score (nSPS) is 10.7. The fraction of sp³-hybridized carbons (Fsp3) is 0.238. The smallest absolute Gasteiger partial charge is 0.224 e. The minimum Gasteiger partial charge on any atom is -0.355 e. The summed E-state index contributed by atoms with van der Waals surface area (Å²) in [5.41, 5.74) is 3.93. The average molecular weight is 366 g/mol. The molecule has 26 heavy (non-hydrogen) atoms. The highest BCUT2D eigenvalue weighted by atomic mass is 32.2. The predicted molar refractivity (Wildman–Crippen MR) is 107 cm³/mol. The molecule has 1 aromatic heterocycles. The second-order valence-electron chi connectivity index (χ2n) is 6.08. The van der Waals surface area contributed by atoms with Gasteiger partial charge in [0.05, 0.1) is 17.8 Å². The van der Waals surface area contributed by atoms with Gasteiger partial charge in [-0.15, -0.1) is 11.8 Å². The van der Waals surface area contributed by atoms with Crippen LogP contribution in [0.25, 0.3) is 5.69 Å². The van der Waals surface area contributed by atoms with Gasteiger partial charge in [0.15, 0.2) is 0 Å². The van der Waals surface area contributed by atoms with E-state index in [9.17, 15) is 4.79 Å². The molecule has 0 aliphatic carbocycles. The number of amides is 1. The fourth-order valence-electron chi connectivity index (χ4n) is 2.85. The van der Waals surface area contributed by atoms with Gasteiger partial charge in [-0.1, -0.05) is 36.4 Å². The number of aromatic nitrogens is 2. The number of thioether (sulfide) groups is 1. The van der Waals surface area contributed by atoms with Crippen molar-refractivity contribution in [3.05, 3.63) is 77.6 Å². The summed E-state index contributed by atoms with van der Waals surface area (Å²) in [5.74, 6) is 0.897. The fourth-order valence-corrected chi connectivity index (χ4v) is 3.64. The van der Waals surface area contributed by atoms with Crippen LogP contribution in [0.5, 0.6) is 0 Å². The second kappa shape index (κ2) is 8.72. The average Bonchev–Trinajstić information content (AvgIpc) is 2.95. The van der Waals surface area contributed by atoms with Crippen LogP contribution in [0, 0.1) is 13.8 Å². The Morgan fingerprint density at radius 3 is 2.38 bits per heavy atom. The highest BCUT2D eigenvalue weighted by Crippen LogP contribution is 2.19. The van der Waals surface area contributed by atoms with E-state index in [1.807, 2.05) is 67.1 Å². The Balaban J connectivity index is 1.55. The van der Waals surface area contributed by atoms with Crippen LogP contribution in [-0.2, 0) is 11.2 Å². The minimum atomic E-state index is 0.0393. The van der Waals surface area contributed by atoms with Gasteiger partial charge in [0.25, 0.3) is 0 Å². The summed E-state index contributed by atoms with van der Waals surface area (Å²) >= 11 is 1.75. The van der Waals surface area contributed by atoms with Gasteiger partial charge in [-0.3, -0.25) is 4.79 Å². The lowest BCUT2D eigenvalue weighted by atomic mass is 10.1. The molecule has 0 spiro atoms. The molecule has 0 radical (unpaired) electrons. The van der Waals surface area contributed by atoms with Crippen molar-refractivity contribution in [2.45, 2.75) is 25.2 Å². The molecule has 0 fully saturated rings. The highest BCUT2D eigenvalue weighted by Gasteiger charge is 2.15. The van der Waals surface area contributed by atoms with Gasteiger partial charge in [-0.25, -0.2) is 4.68 Å². The summed E-state index contributed by atoms with van der Waals surface area (Å²) < 4.78 is 1.91. The molecule has 1 amide bonds. The van der Waals surface area contributed by atoms with Crippen LogP contribution in [0.1, 0.15) is 17.0 Å². The molecule has 0 saturated carbocycles. The zero-order valence-corrected chi connectivity index (χ0v) is 15.9. The van der Waals surface area contributed by atoms with Gasteiger partial charge in [0, 0.05) is 28.5 Å². The molecule has 0 aliphatic rings. The summed E-state index contributed by atoms with van der Waals surface area (Å²) in [6, 6.07) is 20.2. The molecule has 0 bridgehead atoms. The third kappa shape index (κ3) is 4.55. The first-order valence-corrected chi connectivity index (χ1v) is 9.69. The van der Waals surface area contributed by atoms with Crippen molar-refractivity contribution in [2.24, 2.45) is 0 Å². The predicted octanol–water partition coefficient (Wildman–Crippen LogP) is 3.94. The number of carbonyl (C=O) groups excluding carboxylic acids is 1. The summed E-state index contributed by atoms with van der Waals surface area (Å²) in [6.07, 6.45) is 0.362. The monoisotopic (exact) mass is 365 g/mol. The number of aryl methyl sites for hydroxylation is 1. The van der Waals surface area contributed by atoms with E-state index in [2.05, 4.69) is 22.5 Å². The highest BCUT2D eigenvalue weighted by molar-refractivity contribution is 7.99. The van der Waals surface area contributed by atoms with E-state index in [0.29, 0.717) is 13.0 Å². The zero-order valence-electron chi connectivity index (χ0n) is 15.1. The minimum absolute atomic E-state index is 0.0393. The van der Waals surface area contributed by atoms with Crippen LogP contribution in [0.15, 0.2) is 65.6 Å². The van der Waals surface area contributed by atoms with Crippen LogP contribution in [-0.4, -0.2) is 28.0 Å². The second-order valence-corrected chi connectivity index (χ2v) is 7.25. The molecule has 1 N–H and O–H groups in total. The van der Waals surface area contributed by atoms with Crippen LogP contribution in [0.2, 0.25) is 0 Å². The first-order valence-electron chi connectivity index (χ1n) is 8.70. The number of nitrogens with zero attached hydrogens (tertiary/aromatic N) is 2. The topological polar surface area (TPSA) is 46.9 Å². The molecule has 3 rings (SSSR count). The van der Waals surface area contributed by atoms with E-state index in [4.69, 9.17) is 0 Å². The van der Waals surface area contributed by atoms with Crippen molar-refractivity contribution in [1.82, 2.24) is 15.1 Å². The Kier molecular flexibility index (Phi) is 6.12. The van der Waals surface area contributed by atoms with Gasteiger partial charge in [0.2, 0.25) is 5.91 Å². The quantitative estimate of drug-likeness (QED) is 0.510. The lowest BCUT2D eigenvalue weighted by molar-refractivity contribution is -0.120. The van der Waals surface area contributed by atoms with E-state index >= 15 is 0 Å². The summed E-state index contributed by atoms with van der Waals surface area (Å²) in [4.78, 5) is 13.5. The molecule has 4 nitrogen and oxygen atoms in total. The van der Waals surface area contributed by atoms with Crippen molar-refractivity contribution in [2.75, 3.05) is 12.3 Å². The van der Waals surface area contributed by atoms with Crippen LogP contribution in [0.3, 0.4) is 0 Å². The molecule has 0 unspecified atom stereocenters. The van der Waals surface area contributed by atoms with E-state index in [0.717, 1.165) is 28.4 Å². The molecule has 0 saturated heterocycles. The maximum Gasteiger partial charge on any atom is 0.224 e. The lowest BCUT2D eigenvalue weighted by Gasteiger charge is -2.07. The van der Waals surface area contributed by atoms with Gasteiger partial charge >= 0.3 is 0 Å². The molecule has 5 heteroatoms. The van der Waals surface area contributed by atoms with Crippen LogP contribution < -0.4 is 5.32 Å². The molecule has 1 heterocycles. The maximum atomic E-state index is 12.3. The van der Waals surface area contributed by atoms with Crippen molar-refractivity contribution in [1.29, 1.82) is 0 Å². The standard InChI is InChI=1S/C21H23N3OS/c1-16-20(17(2)24(23-16)18-9-5-3-6-10-18)15-21(25)22-13-14-26-19-11-7-4-8-12-19/h3-12H,13-15H2,1-2H3,(H,22,25). The Bertz CT molecular complexity index is 860. The number of benzene rings is 2. The summed E-state index contributed by atoms with van der Waals surface area (Å²) in [5, 5.41) is 7.61. The van der Waals surface area contributed by atoms with Gasteiger partial charge < -0.3 is 5.32 Å². The molecular formula is C21H23N3OS. The number of rotatable bonds is 7. The number of nitrogens with one attached hydrogen (secondary N) is 1. The number of para-hydroxylation sites is 1. The van der Waals surface area contributed by atoms with Crippen molar-refractivity contribution in [3.63, 3.8) is 0 Å². The third-order valence-electron chi connectivity index (χ3n) is 4.22. The van der Waals surface area contributed by atoms with E-state index < -0.39 is 0 Å². The third-order valence-corrected chi connectivity index (χ3v) is 5.23. The van der Waals surface area contributed by atoms with Crippen LogP contribution in [0.4, 0.5) is 0 Å². The zero-order chi connectivity index (χ0) is 18.4. The molecule has 2 aromatic carbocycles. The lowest BCUT2D eigenvalue weighted by Crippen LogP contribution is -2.27. The number of carbonyl (C=O) groups is 1. The van der Waals surface area contributed by atoms with Crippen molar-refractivity contribution < 1.29 is 4.79 Å². The molecule has 0 aliphatic heterocycles. The Morgan fingerprint density at radius 2 is 1.69 bits per heavy atom. The Labute approximate surface area is 158 Å². The van der Waals surface area contributed by atoms with E-state index in [-0.39, 0.29) is 5.91 Å². The SMILES string of the molecule is Cc1nn(-c2ccccc2)c(C)c1CC(=O)NCCSc1ccccc1. The maximum absolute atomic E-state index is 12.3. The van der Waals surface area contributed by atoms with Crippen LogP contribution >= 0.6 is 11.8 Å². The first kappa shape index (κ1) is 18.3. The molecular weight excluding hydrogens is 342 g/mol. The summed E-state index contributed by atoms with van der Waals surface area (Å²) in [6.45, 7) is 4.63. The number of hydrogen-bond acceptors (Lipinski definition) is 3. The van der Waals surface area contributed by atoms with E-state index in [1.165, 1.54) is 4.90 Å². The van der Waals surface area contributed by atoms with Gasteiger partial charge in [-0.05, 0) is 38.1 Å². The van der Waals surface area contributed by atoms with Crippen molar-refractivity contribution in [3.8, 4) is 5.69 Å².